The molecule has 0 radical (unpaired) electrons. The standard InChI is InChI=1S/C13H14O3/c14-12(7-4-8-13(15)16)10-9-11-5-2-1-3-6-11/h1-3,5-6,12,14H,7,9-10H2,(H,15,16)/t12-/m0/s1. The Balaban J connectivity index is 2.29. The van der Waals surface area contributed by atoms with Gasteiger partial charge in [-0.15, -0.1) is 0 Å². The van der Waals surface area contributed by atoms with Crippen molar-refractivity contribution in [1.29, 1.82) is 0 Å². The highest BCUT2D eigenvalue weighted by atomic mass is 16.4. The maximum absolute atomic E-state index is 10.1. The fraction of sp³-hybridized carbons (Fsp3) is 0.308. The number of carboxylic acids is 1. The van der Waals surface area contributed by atoms with Crippen LogP contribution in [0.4, 0.5) is 0 Å². The Morgan fingerprint density at radius 1 is 1.31 bits per heavy atom. The van der Waals surface area contributed by atoms with Crippen LogP contribution in [-0.2, 0) is 11.2 Å². The first-order valence-corrected chi connectivity index (χ1v) is 5.12. The second-order valence-corrected chi connectivity index (χ2v) is 3.49. The van der Waals surface area contributed by atoms with Crippen LogP contribution in [0.25, 0.3) is 0 Å². The molecule has 3 nitrogen and oxygen atoms in total. The number of aliphatic hydroxyl groups is 1. The summed E-state index contributed by atoms with van der Waals surface area (Å²) < 4.78 is 0. The van der Waals surface area contributed by atoms with Crippen LogP contribution in [-0.4, -0.2) is 22.3 Å². The van der Waals surface area contributed by atoms with E-state index in [9.17, 15) is 9.90 Å². The Kier molecular flexibility index (Phi) is 5.10. The van der Waals surface area contributed by atoms with Gasteiger partial charge in [0.2, 0.25) is 0 Å². The molecular formula is C13H14O3. The zero-order chi connectivity index (χ0) is 11.8. The largest absolute Gasteiger partial charge is 0.472 e. The summed E-state index contributed by atoms with van der Waals surface area (Å²) in [5.74, 6) is 3.25. The lowest BCUT2D eigenvalue weighted by atomic mass is 10.1. The Morgan fingerprint density at radius 3 is 2.62 bits per heavy atom. The number of carbonyl (C=O) groups is 1. The Bertz CT molecular complexity index is 387. The van der Waals surface area contributed by atoms with Gasteiger partial charge in [-0.05, 0) is 18.4 Å². The summed E-state index contributed by atoms with van der Waals surface area (Å²) in [5, 5.41) is 17.8. The van der Waals surface area contributed by atoms with Crippen LogP contribution >= 0.6 is 0 Å². The summed E-state index contributed by atoms with van der Waals surface area (Å²) in [6.07, 6.45) is 1.01. The molecule has 1 aromatic carbocycles. The molecule has 0 aliphatic rings. The van der Waals surface area contributed by atoms with Crippen molar-refractivity contribution in [3.05, 3.63) is 35.9 Å². The molecular weight excluding hydrogens is 204 g/mol. The van der Waals surface area contributed by atoms with Gasteiger partial charge in [0.15, 0.2) is 0 Å². The van der Waals surface area contributed by atoms with Gasteiger partial charge in [0.1, 0.15) is 0 Å². The molecule has 1 rings (SSSR count). The summed E-state index contributed by atoms with van der Waals surface area (Å²) in [4.78, 5) is 10.1. The molecule has 0 aromatic heterocycles. The van der Waals surface area contributed by atoms with Crippen LogP contribution in [0.3, 0.4) is 0 Å². The van der Waals surface area contributed by atoms with Crippen molar-refractivity contribution in [3.8, 4) is 11.8 Å². The van der Waals surface area contributed by atoms with E-state index in [1.807, 2.05) is 36.3 Å². The van der Waals surface area contributed by atoms with E-state index in [1.165, 1.54) is 0 Å². The number of rotatable bonds is 4. The predicted molar refractivity (Wildman–Crippen MR) is 60.8 cm³/mol. The number of aryl methyl sites for hydroxylation is 1. The van der Waals surface area contributed by atoms with Gasteiger partial charge in [0, 0.05) is 12.3 Å². The van der Waals surface area contributed by atoms with Crippen LogP contribution in [0.2, 0.25) is 0 Å². The van der Waals surface area contributed by atoms with Gasteiger partial charge in [0.05, 0.1) is 6.10 Å². The molecule has 0 amide bonds. The molecule has 0 heterocycles. The third-order valence-electron chi connectivity index (χ3n) is 2.14. The van der Waals surface area contributed by atoms with Gasteiger partial charge < -0.3 is 10.2 Å². The van der Waals surface area contributed by atoms with E-state index in [2.05, 4.69) is 5.92 Å². The van der Waals surface area contributed by atoms with Crippen LogP contribution in [0.1, 0.15) is 18.4 Å². The van der Waals surface area contributed by atoms with Crippen LogP contribution in [0.15, 0.2) is 30.3 Å². The number of aliphatic hydroxyl groups excluding tert-OH is 1. The third-order valence-corrected chi connectivity index (χ3v) is 2.14. The molecule has 0 aliphatic heterocycles. The maximum atomic E-state index is 10.1. The number of benzene rings is 1. The summed E-state index contributed by atoms with van der Waals surface area (Å²) in [6, 6.07) is 9.83. The minimum atomic E-state index is -1.16. The van der Waals surface area contributed by atoms with Crippen molar-refractivity contribution >= 4 is 5.97 Å². The third kappa shape index (κ3) is 5.18. The molecule has 1 atom stereocenters. The van der Waals surface area contributed by atoms with Gasteiger partial charge in [0.25, 0.3) is 0 Å². The van der Waals surface area contributed by atoms with E-state index in [0.29, 0.717) is 6.42 Å². The predicted octanol–water partition coefficient (Wildman–Crippen LogP) is 1.46. The van der Waals surface area contributed by atoms with Crippen molar-refractivity contribution in [2.45, 2.75) is 25.4 Å². The highest BCUT2D eigenvalue weighted by Crippen LogP contribution is 2.06. The summed E-state index contributed by atoms with van der Waals surface area (Å²) in [7, 11) is 0. The Labute approximate surface area is 94.7 Å². The van der Waals surface area contributed by atoms with E-state index < -0.39 is 12.1 Å². The molecule has 1 aromatic rings. The maximum Gasteiger partial charge on any atom is 0.381 e. The zero-order valence-corrected chi connectivity index (χ0v) is 8.89. The number of aliphatic carboxylic acids is 1. The summed E-state index contributed by atoms with van der Waals surface area (Å²) >= 11 is 0. The molecule has 0 saturated heterocycles. The number of hydrogen-bond acceptors (Lipinski definition) is 2. The normalized spacial score (nSPS) is 11.3. The van der Waals surface area contributed by atoms with Gasteiger partial charge in [-0.3, -0.25) is 0 Å². The summed E-state index contributed by atoms with van der Waals surface area (Å²) in [5.41, 5.74) is 1.16. The molecule has 0 unspecified atom stereocenters. The van der Waals surface area contributed by atoms with Gasteiger partial charge in [-0.1, -0.05) is 36.3 Å². The highest BCUT2D eigenvalue weighted by molar-refractivity contribution is 5.86. The van der Waals surface area contributed by atoms with Crippen LogP contribution in [0, 0.1) is 11.8 Å². The smallest absolute Gasteiger partial charge is 0.381 e. The quantitative estimate of drug-likeness (QED) is 0.752. The zero-order valence-electron chi connectivity index (χ0n) is 8.89. The van der Waals surface area contributed by atoms with Gasteiger partial charge in [-0.25, -0.2) is 4.79 Å². The summed E-state index contributed by atoms with van der Waals surface area (Å²) in [6.45, 7) is 0. The van der Waals surface area contributed by atoms with E-state index in [-0.39, 0.29) is 6.42 Å². The monoisotopic (exact) mass is 218 g/mol. The van der Waals surface area contributed by atoms with E-state index in [4.69, 9.17) is 5.11 Å². The Morgan fingerprint density at radius 2 is 2.00 bits per heavy atom. The van der Waals surface area contributed by atoms with Crippen molar-refractivity contribution in [2.75, 3.05) is 0 Å². The minimum absolute atomic E-state index is 0.207. The second kappa shape index (κ2) is 6.65. The molecule has 0 fully saturated rings. The van der Waals surface area contributed by atoms with Gasteiger partial charge in [-0.2, -0.15) is 0 Å². The van der Waals surface area contributed by atoms with Crippen LogP contribution < -0.4 is 0 Å². The molecule has 84 valence electrons. The van der Waals surface area contributed by atoms with Crippen molar-refractivity contribution in [2.24, 2.45) is 0 Å². The highest BCUT2D eigenvalue weighted by Gasteiger charge is 2.02. The van der Waals surface area contributed by atoms with Crippen LogP contribution in [0.5, 0.6) is 0 Å². The number of carboxylic acid groups (broad SMARTS) is 1. The van der Waals surface area contributed by atoms with Crippen molar-refractivity contribution < 1.29 is 15.0 Å². The van der Waals surface area contributed by atoms with Crippen molar-refractivity contribution in [3.63, 3.8) is 0 Å². The first-order chi connectivity index (χ1) is 7.68. The first-order valence-electron chi connectivity index (χ1n) is 5.12. The minimum Gasteiger partial charge on any atom is -0.472 e. The van der Waals surface area contributed by atoms with E-state index in [1.54, 1.807) is 0 Å². The Hall–Kier alpha value is -1.79. The molecule has 3 heteroatoms. The molecule has 0 spiro atoms. The fourth-order valence-corrected chi connectivity index (χ4v) is 1.32. The fourth-order valence-electron chi connectivity index (χ4n) is 1.32. The van der Waals surface area contributed by atoms with E-state index >= 15 is 0 Å². The molecule has 0 saturated carbocycles. The lowest BCUT2D eigenvalue weighted by Crippen LogP contribution is -2.06. The molecule has 0 aliphatic carbocycles. The number of hydrogen-bond donors (Lipinski definition) is 2. The lowest BCUT2D eigenvalue weighted by Gasteiger charge is -2.06. The average molecular weight is 218 g/mol. The van der Waals surface area contributed by atoms with Crippen molar-refractivity contribution in [1.82, 2.24) is 0 Å². The first kappa shape index (κ1) is 12.3. The second-order valence-electron chi connectivity index (χ2n) is 3.49. The average Bonchev–Trinajstić information content (AvgIpc) is 2.27. The molecule has 16 heavy (non-hydrogen) atoms. The van der Waals surface area contributed by atoms with Gasteiger partial charge >= 0.3 is 5.97 Å². The molecule has 0 bridgehead atoms. The topological polar surface area (TPSA) is 57.5 Å². The van der Waals surface area contributed by atoms with E-state index in [0.717, 1.165) is 12.0 Å². The molecule has 2 N–H and O–H groups in total. The SMILES string of the molecule is O=C(O)C#CC[C@H](O)CCc1ccccc1. The lowest BCUT2D eigenvalue weighted by molar-refractivity contribution is -0.130.